The van der Waals surface area contributed by atoms with Crippen molar-refractivity contribution in [3.63, 3.8) is 0 Å². The van der Waals surface area contributed by atoms with Gasteiger partial charge >= 0.3 is 0 Å². The number of para-hydroxylation sites is 1. The van der Waals surface area contributed by atoms with Crippen molar-refractivity contribution in [1.29, 1.82) is 0 Å². The van der Waals surface area contributed by atoms with Crippen molar-refractivity contribution in [2.45, 2.75) is 0 Å². The number of anilines is 1. The summed E-state index contributed by atoms with van der Waals surface area (Å²) in [6, 6.07) is 14.8. The third-order valence-corrected chi connectivity index (χ3v) is 3.31. The minimum atomic E-state index is -0.0961. The van der Waals surface area contributed by atoms with Crippen LogP contribution in [0.4, 0.5) is 11.4 Å². The maximum absolute atomic E-state index is 12.2. The Morgan fingerprint density at radius 3 is 2.68 bits per heavy atom. The molecule has 0 atom stereocenters. The zero-order valence-electron chi connectivity index (χ0n) is 10.3. The number of likely N-dealkylation sites (N-methyl/N-ethyl adjacent to an activating group) is 1. The van der Waals surface area contributed by atoms with E-state index in [0.29, 0.717) is 16.4 Å². The fourth-order valence-electron chi connectivity index (χ4n) is 2.13. The Morgan fingerprint density at radius 1 is 1.11 bits per heavy atom. The Morgan fingerprint density at radius 2 is 1.89 bits per heavy atom. The lowest BCUT2D eigenvalue weighted by atomic mass is 10.1. The lowest BCUT2D eigenvalue weighted by Gasteiger charge is -2.07. The van der Waals surface area contributed by atoms with Crippen LogP contribution in [0.15, 0.2) is 53.5 Å². The Hall–Kier alpha value is -2.13. The van der Waals surface area contributed by atoms with E-state index in [1.165, 1.54) is 0 Å². The number of carbonyl (C=O) groups excluding carboxylic acids is 1. The van der Waals surface area contributed by atoms with Crippen LogP contribution < -0.4 is 4.90 Å². The first-order valence-corrected chi connectivity index (χ1v) is 6.26. The first kappa shape index (κ1) is 11.9. The molecule has 0 saturated carbocycles. The second-order valence-electron chi connectivity index (χ2n) is 4.32. The van der Waals surface area contributed by atoms with Gasteiger partial charge in [0.25, 0.3) is 5.91 Å². The highest BCUT2D eigenvalue weighted by molar-refractivity contribution is 6.54. The summed E-state index contributed by atoms with van der Waals surface area (Å²) in [6.45, 7) is 0. The molecule has 94 valence electrons. The molecule has 1 aliphatic rings. The van der Waals surface area contributed by atoms with Crippen LogP contribution in [0, 0.1) is 0 Å². The molecule has 1 amide bonds. The van der Waals surface area contributed by atoms with E-state index < -0.39 is 0 Å². The van der Waals surface area contributed by atoms with Gasteiger partial charge in [0, 0.05) is 17.6 Å². The number of nitrogens with zero attached hydrogens (tertiary/aromatic N) is 2. The Balaban J connectivity index is 2.13. The normalized spacial score (nSPS) is 16.0. The third kappa shape index (κ3) is 2.02. The molecule has 0 unspecified atom stereocenters. The summed E-state index contributed by atoms with van der Waals surface area (Å²) in [5.41, 5.74) is 2.88. The fourth-order valence-corrected chi connectivity index (χ4v) is 2.32. The Bertz CT molecular complexity index is 694. The van der Waals surface area contributed by atoms with Crippen molar-refractivity contribution in [1.82, 2.24) is 0 Å². The van der Waals surface area contributed by atoms with Crippen molar-refractivity contribution in [2.24, 2.45) is 4.99 Å². The van der Waals surface area contributed by atoms with Crippen LogP contribution in [-0.4, -0.2) is 18.7 Å². The number of aliphatic imine (C=N–C) groups is 1. The molecule has 1 heterocycles. The summed E-state index contributed by atoms with van der Waals surface area (Å²) in [5.74, 6) is -0.0961. The van der Waals surface area contributed by atoms with Gasteiger partial charge in [-0.05, 0) is 24.3 Å². The largest absolute Gasteiger partial charge is 0.309 e. The van der Waals surface area contributed by atoms with E-state index in [0.717, 1.165) is 11.3 Å². The average Bonchev–Trinajstić information content (AvgIpc) is 2.65. The lowest BCUT2D eigenvalue weighted by molar-refractivity contribution is -0.111. The summed E-state index contributed by atoms with van der Waals surface area (Å²) in [6.07, 6.45) is 0. The van der Waals surface area contributed by atoms with Crippen molar-refractivity contribution in [3.8, 4) is 0 Å². The maximum Gasteiger partial charge on any atom is 0.277 e. The average molecular weight is 271 g/mol. The molecule has 0 aromatic heterocycles. The first-order chi connectivity index (χ1) is 9.16. The number of benzene rings is 2. The van der Waals surface area contributed by atoms with Gasteiger partial charge in [-0.15, -0.1) is 0 Å². The van der Waals surface area contributed by atoms with Gasteiger partial charge in [-0.3, -0.25) is 4.79 Å². The summed E-state index contributed by atoms with van der Waals surface area (Å²) in [7, 11) is 1.75. The molecule has 19 heavy (non-hydrogen) atoms. The van der Waals surface area contributed by atoms with Crippen LogP contribution in [0.5, 0.6) is 0 Å². The fraction of sp³-hybridized carbons (Fsp3) is 0.0667. The highest BCUT2D eigenvalue weighted by Gasteiger charge is 2.30. The highest BCUT2D eigenvalue weighted by atomic mass is 35.5. The zero-order valence-corrected chi connectivity index (χ0v) is 11.1. The van der Waals surface area contributed by atoms with Gasteiger partial charge in [-0.25, -0.2) is 4.99 Å². The lowest BCUT2D eigenvalue weighted by Crippen LogP contribution is -2.25. The molecule has 0 fully saturated rings. The molecule has 3 nitrogen and oxygen atoms in total. The molecule has 3 rings (SSSR count). The minimum Gasteiger partial charge on any atom is -0.309 e. The number of amides is 1. The summed E-state index contributed by atoms with van der Waals surface area (Å²) in [5, 5.41) is 0.605. The van der Waals surface area contributed by atoms with Crippen LogP contribution in [0.1, 0.15) is 5.56 Å². The first-order valence-electron chi connectivity index (χ1n) is 5.88. The second-order valence-corrected chi connectivity index (χ2v) is 4.76. The van der Waals surface area contributed by atoms with Gasteiger partial charge in [-0.2, -0.15) is 0 Å². The monoisotopic (exact) mass is 270 g/mol. The Kier molecular flexibility index (Phi) is 2.84. The summed E-state index contributed by atoms with van der Waals surface area (Å²) < 4.78 is 0. The van der Waals surface area contributed by atoms with Crippen LogP contribution in [-0.2, 0) is 4.79 Å². The molecule has 0 spiro atoms. The zero-order chi connectivity index (χ0) is 13.4. The molecule has 2 aromatic rings. The van der Waals surface area contributed by atoms with Gasteiger partial charge in [0.2, 0.25) is 0 Å². The standard InChI is InChI=1S/C15H11ClN2O/c1-18-13-8-3-2-7-12(13)14(15(18)19)17-11-6-4-5-10(16)9-11/h2-9H,1H3. The van der Waals surface area contributed by atoms with Gasteiger partial charge in [0.15, 0.2) is 0 Å². The number of hydrogen-bond donors (Lipinski definition) is 0. The second kappa shape index (κ2) is 4.52. The van der Waals surface area contributed by atoms with E-state index in [1.807, 2.05) is 36.4 Å². The van der Waals surface area contributed by atoms with E-state index in [1.54, 1.807) is 24.1 Å². The van der Waals surface area contributed by atoms with Crippen molar-refractivity contribution in [2.75, 3.05) is 11.9 Å². The van der Waals surface area contributed by atoms with Crippen molar-refractivity contribution in [3.05, 3.63) is 59.1 Å². The molecule has 2 aromatic carbocycles. The molecule has 4 heteroatoms. The Labute approximate surface area is 116 Å². The van der Waals surface area contributed by atoms with Gasteiger partial charge in [0.05, 0.1) is 11.4 Å². The number of halogens is 1. The number of rotatable bonds is 1. The number of carbonyl (C=O) groups is 1. The van der Waals surface area contributed by atoms with Crippen LogP contribution in [0.3, 0.4) is 0 Å². The SMILES string of the molecule is CN1C(=O)C(=Nc2cccc(Cl)c2)c2ccccc21. The number of fused-ring (bicyclic) bond motifs is 1. The summed E-state index contributed by atoms with van der Waals surface area (Å²) >= 11 is 5.93. The maximum atomic E-state index is 12.2. The van der Waals surface area contributed by atoms with E-state index in [-0.39, 0.29) is 5.91 Å². The molecule has 0 saturated heterocycles. The summed E-state index contributed by atoms with van der Waals surface area (Å²) in [4.78, 5) is 18.3. The van der Waals surface area contributed by atoms with Crippen LogP contribution >= 0.6 is 11.6 Å². The van der Waals surface area contributed by atoms with Crippen molar-refractivity contribution < 1.29 is 4.79 Å². The smallest absolute Gasteiger partial charge is 0.277 e. The van der Waals surface area contributed by atoms with Crippen LogP contribution in [0.25, 0.3) is 0 Å². The molecule has 0 N–H and O–H groups in total. The highest BCUT2D eigenvalue weighted by Crippen LogP contribution is 2.29. The molecular weight excluding hydrogens is 260 g/mol. The van der Waals surface area contributed by atoms with E-state index in [2.05, 4.69) is 4.99 Å². The van der Waals surface area contributed by atoms with Crippen LogP contribution in [0.2, 0.25) is 5.02 Å². The molecule has 0 radical (unpaired) electrons. The molecular formula is C15H11ClN2O. The number of hydrogen-bond acceptors (Lipinski definition) is 2. The molecule has 0 bridgehead atoms. The third-order valence-electron chi connectivity index (χ3n) is 3.08. The quantitative estimate of drug-likeness (QED) is 0.781. The van der Waals surface area contributed by atoms with Gasteiger partial charge < -0.3 is 4.90 Å². The van der Waals surface area contributed by atoms with E-state index in [9.17, 15) is 4.79 Å². The minimum absolute atomic E-state index is 0.0961. The topological polar surface area (TPSA) is 32.7 Å². The predicted octanol–water partition coefficient (Wildman–Crippen LogP) is 3.44. The molecule has 1 aliphatic heterocycles. The van der Waals surface area contributed by atoms with Crippen molar-refractivity contribution >= 4 is 34.6 Å². The molecule has 0 aliphatic carbocycles. The van der Waals surface area contributed by atoms with E-state index >= 15 is 0 Å². The van der Waals surface area contributed by atoms with Gasteiger partial charge in [-0.1, -0.05) is 35.9 Å². The predicted molar refractivity (Wildman–Crippen MR) is 77.5 cm³/mol. The van der Waals surface area contributed by atoms with E-state index in [4.69, 9.17) is 11.6 Å². The van der Waals surface area contributed by atoms with Gasteiger partial charge in [0.1, 0.15) is 5.71 Å².